The van der Waals surface area contributed by atoms with E-state index in [-0.39, 0.29) is 0 Å². The summed E-state index contributed by atoms with van der Waals surface area (Å²) in [4.78, 5) is 19.9. The number of nitrogens with zero attached hydrogens (tertiary/aromatic N) is 6. The summed E-state index contributed by atoms with van der Waals surface area (Å²) in [7, 11) is 0. The van der Waals surface area contributed by atoms with Crippen LogP contribution in [0.25, 0.3) is 10.8 Å². The zero-order valence-electron chi connectivity index (χ0n) is 21.4. The Morgan fingerprint density at radius 2 is 1.28 bits per heavy atom. The molecule has 4 heterocycles. The monoisotopic (exact) mass is 485 g/mol. The Kier molecular flexibility index (Phi) is 7.19. The molecule has 3 aliphatic heterocycles. The Morgan fingerprint density at radius 1 is 0.639 bits per heavy atom. The number of piperazine rings is 1. The Hall–Kier alpha value is -2.90. The molecule has 0 atom stereocenters. The fourth-order valence-electron chi connectivity index (χ4n) is 5.76. The SMILES string of the molecule is c1ccc2cc(CNCCN3CCN(c4cc(N5CCCC5)nc(N5CCCC5)n4)CC3)ccc2c1. The molecular weight excluding hydrogens is 446 g/mol. The molecule has 36 heavy (non-hydrogen) atoms. The third-order valence-corrected chi connectivity index (χ3v) is 7.95. The van der Waals surface area contributed by atoms with Crippen molar-refractivity contribution in [1.82, 2.24) is 20.2 Å². The molecule has 1 aromatic heterocycles. The lowest BCUT2D eigenvalue weighted by Crippen LogP contribution is -2.48. The Labute approximate surface area is 215 Å². The fraction of sp³-hybridized carbons (Fsp3) is 0.517. The highest BCUT2D eigenvalue weighted by atomic mass is 15.3. The van der Waals surface area contributed by atoms with Gasteiger partial charge in [-0.25, -0.2) is 0 Å². The molecule has 0 unspecified atom stereocenters. The summed E-state index contributed by atoms with van der Waals surface area (Å²) in [5.74, 6) is 3.18. The lowest BCUT2D eigenvalue weighted by atomic mass is 10.1. The summed E-state index contributed by atoms with van der Waals surface area (Å²) in [6, 6.07) is 17.6. The minimum Gasteiger partial charge on any atom is -0.356 e. The van der Waals surface area contributed by atoms with Crippen LogP contribution in [0, 0.1) is 0 Å². The number of fused-ring (bicyclic) bond motifs is 1. The Bertz CT molecular complexity index is 1110. The van der Waals surface area contributed by atoms with Crippen molar-refractivity contribution in [2.45, 2.75) is 32.2 Å². The maximum absolute atomic E-state index is 5.05. The van der Waals surface area contributed by atoms with Crippen molar-refractivity contribution in [3.63, 3.8) is 0 Å². The summed E-state index contributed by atoms with van der Waals surface area (Å²) < 4.78 is 0. The van der Waals surface area contributed by atoms with E-state index in [0.29, 0.717) is 0 Å². The van der Waals surface area contributed by atoms with Crippen LogP contribution in [0.2, 0.25) is 0 Å². The molecule has 7 nitrogen and oxygen atoms in total. The normalized spacial score (nSPS) is 19.1. The van der Waals surface area contributed by atoms with Gasteiger partial charge in [0, 0.05) is 78.1 Å². The van der Waals surface area contributed by atoms with Crippen LogP contribution in [0.5, 0.6) is 0 Å². The van der Waals surface area contributed by atoms with Gasteiger partial charge in [-0.1, -0.05) is 36.4 Å². The molecule has 0 bridgehead atoms. The van der Waals surface area contributed by atoms with E-state index in [1.807, 2.05) is 0 Å². The smallest absolute Gasteiger partial charge is 0.229 e. The second-order valence-electron chi connectivity index (χ2n) is 10.5. The van der Waals surface area contributed by atoms with Crippen molar-refractivity contribution in [3.8, 4) is 0 Å². The first kappa shape index (κ1) is 23.5. The van der Waals surface area contributed by atoms with Crippen LogP contribution in [-0.2, 0) is 6.54 Å². The lowest BCUT2D eigenvalue weighted by Gasteiger charge is -2.36. The molecule has 3 aliphatic rings. The van der Waals surface area contributed by atoms with E-state index in [2.05, 4.69) is 73.4 Å². The predicted octanol–water partition coefficient (Wildman–Crippen LogP) is 3.74. The zero-order chi connectivity index (χ0) is 24.2. The van der Waals surface area contributed by atoms with Gasteiger partial charge in [0.15, 0.2) is 0 Å². The molecule has 0 saturated carbocycles. The minimum absolute atomic E-state index is 0.921. The molecule has 2 aromatic carbocycles. The summed E-state index contributed by atoms with van der Waals surface area (Å²) in [5, 5.41) is 6.27. The van der Waals surface area contributed by atoms with Crippen LogP contribution in [-0.4, -0.2) is 80.3 Å². The molecule has 0 aliphatic carbocycles. The largest absolute Gasteiger partial charge is 0.356 e. The van der Waals surface area contributed by atoms with Crippen LogP contribution in [0.3, 0.4) is 0 Å². The standard InChI is InChI=1S/C29H39N7/c1-2-8-26-21-24(9-10-25(26)7-1)23-30-11-16-33-17-19-35(20-18-33)28-22-27(34-12-3-4-13-34)31-29(32-28)36-14-5-6-15-36/h1-2,7-10,21-22,30H,3-6,11-20,23H2. The van der Waals surface area contributed by atoms with Crippen LogP contribution in [0.4, 0.5) is 17.6 Å². The van der Waals surface area contributed by atoms with Gasteiger partial charge in [0.25, 0.3) is 0 Å². The van der Waals surface area contributed by atoms with E-state index in [1.165, 1.54) is 42.0 Å². The summed E-state index contributed by atoms with van der Waals surface area (Å²) >= 11 is 0. The van der Waals surface area contributed by atoms with Gasteiger partial charge < -0.3 is 20.0 Å². The Balaban J connectivity index is 1.02. The molecule has 0 radical (unpaired) electrons. The van der Waals surface area contributed by atoms with Gasteiger partial charge in [-0.3, -0.25) is 4.90 Å². The lowest BCUT2D eigenvalue weighted by molar-refractivity contribution is 0.257. The zero-order valence-corrected chi connectivity index (χ0v) is 21.4. The van der Waals surface area contributed by atoms with Crippen molar-refractivity contribution in [1.29, 1.82) is 0 Å². The predicted molar refractivity (Wildman–Crippen MR) is 149 cm³/mol. The van der Waals surface area contributed by atoms with Gasteiger partial charge in [0.05, 0.1) is 0 Å². The average molecular weight is 486 g/mol. The van der Waals surface area contributed by atoms with Crippen molar-refractivity contribution >= 4 is 28.4 Å². The number of hydrogen-bond donors (Lipinski definition) is 1. The molecule has 0 spiro atoms. The molecular formula is C29H39N7. The summed E-state index contributed by atoms with van der Waals surface area (Å²) in [6.45, 7) is 11.7. The number of benzene rings is 2. The number of hydrogen-bond acceptors (Lipinski definition) is 7. The number of aromatic nitrogens is 2. The molecule has 6 rings (SSSR count). The molecule has 3 saturated heterocycles. The highest BCUT2D eigenvalue weighted by Gasteiger charge is 2.24. The summed E-state index contributed by atoms with van der Waals surface area (Å²) in [5.41, 5.74) is 1.35. The molecule has 190 valence electrons. The van der Waals surface area contributed by atoms with E-state index in [1.54, 1.807) is 0 Å². The first-order chi connectivity index (χ1) is 17.8. The van der Waals surface area contributed by atoms with E-state index >= 15 is 0 Å². The first-order valence-electron chi connectivity index (χ1n) is 13.9. The minimum atomic E-state index is 0.921. The topological polar surface area (TPSA) is 50.8 Å². The molecule has 7 heteroatoms. The summed E-state index contributed by atoms with van der Waals surface area (Å²) in [6.07, 6.45) is 5.04. The van der Waals surface area contributed by atoms with Gasteiger partial charge in [-0.2, -0.15) is 9.97 Å². The third-order valence-electron chi connectivity index (χ3n) is 7.95. The van der Waals surface area contributed by atoms with Crippen molar-refractivity contribution < 1.29 is 0 Å². The highest BCUT2D eigenvalue weighted by molar-refractivity contribution is 5.82. The second-order valence-corrected chi connectivity index (χ2v) is 10.5. The van der Waals surface area contributed by atoms with Crippen LogP contribution in [0.15, 0.2) is 48.5 Å². The van der Waals surface area contributed by atoms with Crippen molar-refractivity contribution in [2.75, 3.05) is 80.1 Å². The van der Waals surface area contributed by atoms with Gasteiger partial charge in [-0.15, -0.1) is 0 Å². The molecule has 3 fully saturated rings. The second kappa shape index (κ2) is 11.0. The van der Waals surface area contributed by atoms with Crippen molar-refractivity contribution in [3.05, 3.63) is 54.1 Å². The van der Waals surface area contributed by atoms with Gasteiger partial charge in [0.2, 0.25) is 5.95 Å². The number of nitrogens with one attached hydrogen (secondary N) is 1. The van der Waals surface area contributed by atoms with E-state index < -0.39 is 0 Å². The Morgan fingerprint density at radius 3 is 2.00 bits per heavy atom. The molecule has 1 N–H and O–H groups in total. The average Bonchev–Trinajstić information content (AvgIpc) is 3.66. The molecule has 3 aromatic rings. The number of rotatable bonds is 8. The van der Waals surface area contributed by atoms with Gasteiger partial charge in [-0.05, 0) is 48.1 Å². The van der Waals surface area contributed by atoms with Crippen LogP contribution < -0.4 is 20.0 Å². The maximum atomic E-state index is 5.05. The third kappa shape index (κ3) is 5.42. The first-order valence-corrected chi connectivity index (χ1v) is 13.9. The van der Waals surface area contributed by atoms with E-state index in [0.717, 1.165) is 89.6 Å². The van der Waals surface area contributed by atoms with E-state index in [9.17, 15) is 0 Å². The van der Waals surface area contributed by atoms with Crippen LogP contribution >= 0.6 is 0 Å². The number of anilines is 3. The highest BCUT2D eigenvalue weighted by Crippen LogP contribution is 2.27. The quantitative estimate of drug-likeness (QED) is 0.488. The fourth-order valence-corrected chi connectivity index (χ4v) is 5.76. The van der Waals surface area contributed by atoms with Crippen LogP contribution in [0.1, 0.15) is 31.2 Å². The van der Waals surface area contributed by atoms with Gasteiger partial charge >= 0.3 is 0 Å². The van der Waals surface area contributed by atoms with Gasteiger partial charge in [0.1, 0.15) is 11.6 Å². The van der Waals surface area contributed by atoms with Crippen molar-refractivity contribution in [2.24, 2.45) is 0 Å². The molecule has 0 amide bonds. The van der Waals surface area contributed by atoms with E-state index in [4.69, 9.17) is 9.97 Å². The maximum Gasteiger partial charge on any atom is 0.229 e.